The van der Waals surface area contributed by atoms with E-state index in [0.29, 0.717) is 6.04 Å². The third-order valence-corrected chi connectivity index (χ3v) is 3.97. The normalized spacial score (nSPS) is 26.4. The van der Waals surface area contributed by atoms with Gasteiger partial charge in [-0.25, -0.2) is 9.97 Å². The standard InChI is InChI=1S/C9H12BrN3S/c1-6-2-7(4-14-6)13-9-3-8(10)11-5-12-9/h3,5-7H,2,4H2,1H3,(H,11,12,13). The van der Waals surface area contributed by atoms with Crippen molar-refractivity contribution in [1.29, 1.82) is 0 Å². The van der Waals surface area contributed by atoms with Crippen LogP contribution in [0.2, 0.25) is 0 Å². The van der Waals surface area contributed by atoms with Crippen molar-refractivity contribution in [2.45, 2.75) is 24.6 Å². The van der Waals surface area contributed by atoms with Crippen LogP contribution in [0.25, 0.3) is 0 Å². The zero-order valence-electron chi connectivity index (χ0n) is 7.90. The molecule has 2 heterocycles. The smallest absolute Gasteiger partial charge is 0.130 e. The average molecular weight is 274 g/mol. The lowest BCUT2D eigenvalue weighted by atomic mass is 10.2. The lowest BCUT2D eigenvalue weighted by Gasteiger charge is -2.11. The quantitative estimate of drug-likeness (QED) is 0.841. The van der Waals surface area contributed by atoms with Crippen molar-refractivity contribution >= 4 is 33.5 Å². The van der Waals surface area contributed by atoms with Crippen LogP contribution in [0.4, 0.5) is 5.82 Å². The minimum Gasteiger partial charge on any atom is -0.366 e. The maximum Gasteiger partial charge on any atom is 0.130 e. The maximum atomic E-state index is 4.17. The van der Waals surface area contributed by atoms with Gasteiger partial charge >= 0.3 is 0 Å². The summed E-state index contributed by atoms with van der Waals surface area (Å²) in [6.07, 6.45) is 2.78. The van der Waals surface area contributed by atoms with Crippen LogP contribution in [0.5, 0.6) is 0 Å². The van der Waals surface area contributed by atoms with Crippen LogP contribution < -0.4 is 5.32 Å². The minimum absolute atomic E-state index is 0.553. The highest BCUT2D eigenvalue weighted by Gasteiger charge is 2.21. The Balaban J connectivity index is 1.97. The number of hydrogen-bond acceptors (Lipinski definition) is 4. The van der Waals surface area contributed by atoms with E-state index in [9.17, 15) is 0 Å². The summed E-state index contributed by atoms with van der Waals surface area (Å²) in [5.74, 6) is 2.08. The Bertz CT molecular complexity index is 321. The summed E-state index contributed by atoms with van der Waals surface area (Å²) >= 11 is 5.34. The Hall–Kier alpha value is -0.290. The van der Waals surface area contributed by atoms with Gasteiger partial charge in [-0.1, -0.05) is 6.92 Å². The molecule has 0 saturated carbocycles. The Morgan fingerprint density at radius 3 is 3.07 bits per heavy atom. The summed E-state index contributed by atoms with van der Waals surface area (Å²) < 4.78 is 0.827. The lowest BCUT2D eigenvalue weighted by Crippen LogP contribution is -2.19. The van der Waals surface area contributed by atoms with Gasteiger partial charge in [-0.05, 0) is 22.4 Å². The Labute approximate surface area is 96.2 Å². The molecule has 1 saturated heterocycles. The third kappa shape index (κ3) is 2.60. The summed E-state index contributed by atoms with van der Waals surface area (Å²) in [5.41, 5.74) is 0. The van der Waals surface area contributed by atoms with Crippen LogP contribution in [0.15, 0.2) is 17.0 Å². The van der Waals surface area contributed by atoms with Gasteiger partial charge in [0.2, 0.25) is 0 Å². The number of thioether (sulfide) groups is 1. The number of hydrogen-bond donors (Lipinski definition) is 1. The van der Waals surface area contributed by atoms with Crippen molar-refractivity contribution in [3.63, 3.8) is 0 Å². The van der Waals surface area contributed by atoms with Gasteiger partial charge in [0.05, 0.1) is 0 Å². The van der Waals surface area contributed by atoms with E-state index < -0.39 is 0 Å². The molecule has 76 valence electrons. The van der Waals surface area contributed by atoms with Crippen LogP contribution >= 0.6 is 27.7 Å². The van der Waals surface area contributed by atoms with Crippen molar-refractivity contribution < 1.29 is 0 Å². The Morgan fingerprint density at radius 2 is 2.43 bits per heavy atom. The molecule has 0 bridgehead atoms. The number of nitrogens with one attached hydrogen (secondary N) is 1. The van der Waals surface area contributed by atoms with Crippen LogP contribution in [-0.2, 0) is 0 Å². The second kappa shape index (κ2) is 4.49. The van der Waals surface area contributed by atoms with Gasteiger partial charge in [0.15, 0.2) is 0 Å². The third-order valence-electron chi connectivity index (χ3n) is 2.18. The van der Waals surface area contributed by atoms with E-state index in [-0.39, 0.29) is 0 Å². The minimum atomic E-state index is 0.553. The fraction of sp³-hybridized carbons (Fsp3) is 0.556. The Kier molecular flexibility index (Phi) is 3.28. The van der Waals surface area contributed by atoms with Gasteiger partial charge in [0.1, 0.15) is 16.7 Å². The van der Waals surface area contributed by atoms with Crippen LogP contribution in [0, 0.1) is 0 Å². The number of nitrogens with zero attached hydrogens (tertiary/aromatic N) is 2. The van der Waals surface area contributed by atoms with Gasteiger partial charge in [-0.2, -0.15) is 11.8 Å². The molecule has 0 aromatic carbocycles. The van der Waals surface area contributed by atoms with Crippen molar-refractivity contribution in [2.75, 3.05) is 11.1 Å². The van der Waals surface area contributed by atoms with Crippen molar-refractivity contribution in [2.24, 2.45) is 0 Å². The molecule has 0 spiro atoms. The molecule has 2 atom stereocenters. The highest BCUT2D eigenvalue weighted by Crippen LogP contribution is 2.27. The molecule has 3 nitrogen and oxygen atoms in total. The van der Waals surface area contributed by atoms with Gasteiger partial charge < -0.3 is 5.32 Å². The van der Waals surface area contributed by atoms with E-state index >= 15 is 0 Å². The van der Waals surface area contributed by atoms with E-state index in [1.54, 1.807) is 6.33 Å². The highest BCUT2D eigenvalue weighted by molar-refractivity contribution is 9.10. The fourth-order valence-electron chi connectivity index (χ4n) is 1.54. The van der Waals surface area contributed by atoms with Crippen molar-refractivity contribution in [3.8, 4) is 0 Å². The first-order valence-electron chi connectivity index (χ1n) is 4.60. The van der Waals surface area contributed by atoms with E-state index in [1.807, 2.05) is 17.8 Å². The topological polar surface area (TPSA) is 37.8 Å². The van der Waals surface area contributed by atoms with Crippen molar-refractivity contribution in [1.82, 2.24) is 9.97 Å². The molecular formula is C9H12BrN3S. The molecule has 0 radical (unpaired) electrons. The molecule has 1 aliphatic rings. The van der Waals surface area contributed by atoms with Crippen LogP contribution in [0.3, 0.4) is 0 Å². The van der Waals surface area contributed by atoms with Gasteiger partial charge in [0, 0.05) is 23.1 Å². The molecule has 14 heavy (non-hydrogen) atoms. The van der Waals surface area contributed by atoms with Crippen LogP contribution in [0.1, 0.15) is 13.3 Å². The molecule has 0 amide bonds. The van der Waals surface area contributed by atoms with Gasteiger partial charge in [0.25, 0.3) is 0 Å². The molecule has 2 unspecified atom stereocenters. The molecular weight excluding hydrogens is 262 g/mol. The summed E-state index contributed by atoms with van der Waals surface area (Å²) in [6, 6.07) is 2.46. The van der Waals surface area contributed by atoms with E-state index in [0.717, 1.165) is 15.7 Å². The highest BCUT2D eigenvalue weighted by atomic mass is 79.9. The summed E-state index contributed by atoms with van der Waals surface area (Å²) in [4.78, 5) is 8.16. The molecule has 1 N–H and O–H groups in total. The average Bonchev–Trinajstić information content (AvgIpc) is 2.51. The summed E-state index contributed by atoms with van der Waals surface area (Å²) in [7, 11) is 0. The largest absolute Gasteiger partial charge is 0.366 e. The first-order chi connectivity index (χ1) is 6.74. The molecule has 1 aliphatic heterocycles. The van der Waals surface area contributed by atoms with Gasteiger partial charge in [-0.15, -0.1) is 0 Å². The molecule has 1 aromatic heterocycles. The zero-order valence-corrected chi connectivity index (χ0v) is 10.3. The monoisotopic (exact) mass is 273 g/mol. The van der Waals surface area contributed by atoms with Crippen LogP contribution in [-0.4, -0.2) is 27.0 Å². The summed E-state index contributed by atoms with van der Waals surface area (Å²) in [6.45, 7) is 2.27. The maximum absolute atomic E-state index is 4.17. The fourth-order valence-corrected chi connectivity index (χ4v) is 3.00. The van der Waals surface area contributed by atoms with E-state index in [4.69, 9.17) is 0 Å². The number of aromatic nitrogens is 2. The summed E-state index contributed by atoms with van der Waals surface area (Å²) in [5, 5.41) is 4.17. The zero-order chi connectivity index (χ0) is 9.97. The molecule has 1 aromatic rings. The first-order valence-corrected chi connectivity index (χ1v) is 6.44. The molecule has 5 heteroatoms. The SMILES string of the molecule is CC1CC(Nc2cc(Br)ncn2)CS1. The van der Waals surface area contributed by atoms with E-state index in [1.165, 1.54) is 12.2 Å². The number of halogens is 1. The first kappa shape index (κ1) is 10.2. The molecule has 2 rings (SSSR count). The lowest BCUT2D eigenvalue weighted by molar-refractivity contribution is 0.742. The second-order valence-electron chi connectivity index (χ2n) is 3.45. The number of rotatable bonds is 2. The predicted molar refractivity (Wildman–Crippen MR) is 63.7 cm³/mol. The molecule has 0 aliphatic carbocycles. The second-order valence-corrected chi connectivity index (χ2v) is 5.73. The van der Waals surface area contributed by atoms with Gasteiger partial charge in [-0.3, -0.25) is 0 Å². The molecule has 1 fully saturated rings. The van der Waals surface area contributed by atoms with Crippen molar-refractivity contribution in [3.05, 3.63) is 17.0 Å². The Morgan fingerprint density at radius 1 is 1.57 bits per heavy atom. The van der Waals surface area contributed by atoms with E-state index in [2.05, 4.69) is 38.1 Å². The number of anilines is 1. The predicted octanol–water partition coefficient (Wildman–Crippen LogP) is 2.55.